The van der Waals surface area contributed by atoms with Crippen LogP contribution in [-0.2, 0) is 0 Å². The summed E-state index contributed by atoms with van der Waals surface area (Å²) in [6.07, 6.45) is 0.582. The van der Waals surface area contributed by atoms with Gasteiger partial charge in [0.1, 0.15) is 5.03 Å². The molecule has 0 amide bonds. The second-order valence-corrected chi connectivity index (χ2v) is 4.25. The van der Waals surface area contributed by atoms with Crippen molar-refractivity contribution in [3.05, 3.63) is 27.9 Å². The highest BCUT2D eigenvalue weighted by Gasteiger charge is 2.13. The van der Waals surface area contributed by atoms with Gasteiger partial charge in [-0.1, -0.05) is 0 Å². The lowest BCUT2D eigenvalue weighted by atomic mass is 10.3. The minimum Gasteiger partial charge on any atom is -0.394 e. The van der Waals surface area contributed by atoms with Crippen LogP contribution in [0.15, 0.2) is 17.3 Å². The first-order chi connectivity index (χ1) is 7.54. The summed E-state index contributed by atoms with van der Waals surface area (Å²) in [4.78, 5) is 14.2. The van der Waals surface area contributed by atoms with E-state index in [0.717, 1.165) is 0 Å². The van der Waals surface area contributed by atoms with E-state index in [4.69, 9.17) is 10.2 Å². The summed E-state index contributed by atoms with van der Waals surface area (Å²) in [7, 11) is 0. The molecule has 0 aliphatic heterocycles. The first-order valence-electron chi connectivity index (χ1n) is 4.57. The van der Waals surface area contributed by atoms with E-state index in [9.17, 15) is 10.1 Å². The topological polar surface area (TPSA) is 96.5 Å². The number of pyridine rings is 1. The molecule has 1 atom stereocenters. The highest BCUT2D eigenvalue weighted by atomic mass is 32.2. The smallest absolute Gasteiger partial charge is 0.276 e. The molecule has 6 nitrogen and oxygen atoms in total. The summed E-state index contributed by atoms with van der Waals surface area (Å²) in [6, 6.07) is 1.37. The van der Waals surface area contributed by atoms with Crippen molar-refractivity contribution >= 4 is 17.4 Å². The molecule has 1 rings (SSSR count). The van der Waals surface area contributed by atoms with Crippen LogP contribution in [0.2, 0.25) is 0 Å². The third-order valence-corrected chi connectivity index (χ3v) is 2.95. The summed E-state index contributed by atoms with van der Waals surface area (Å²) in [5.74, 6) is 0.254. The number of thioether (sulfide) groups is 1. The molecule has 2 N–H and O–H groups in total. The third-order valence-electron chi connectivity index (χ3n) is 1.88. The molecule has 1 heterocycles. The van der Waals surface area contributed by atoms with Crippen molar-refractivity contribution < 1.29 is 15.1 Å². The molecule has 0 aliphatic carbocycles. The van der Waals surface area contributed by atoms with Crippen LogP contribution >= 0.6 is 11.8 Å². The lowest BCUT2D eigenvalue weighted by Gasteiger charge is -2.06. The third kappa shape index (κ3) is 3.44. The van der Waals surface area contributed by atoms with Crippen LogP contribution in [0.4, 0.5) is 5.69 Å². The Balaban J connectivity index is 2.75. The Morgan fingerprint density at radius 3 is 2.94 bits per heavy atom. The summed E-state index contributed by atoms with van der Waals surface area (Å²) >= 11 is 1.17. The van der Waals surface area contributed by atoms with E-state index in [0.29, 0.717) is 10.6 Å². The number of rotatable bonds is 5. The minimum absolute atomic E-state index is 0.0102. The van der Waals surface area contributed by atoms with Gasteiger partial charge in [-0.25, -0.2) is 4.98 Å². The van der Waals surface area contributed by atoms with Crippen molar-refractivity contribution in [2.75, 3.05) is 12.4 Å². The van der Waals surface area contributed by atoms with Crippen LogP contribution < -0.4 is 0 Å². The Bertz CT molecular complexity index is 386. The average molecular weight is 244 g/mol. The molecule has 0 spiro atoms. The largest absolute Gasteiger partial charge is 0.394 e. The Morgan fingerprint density at radius 2 is 2.38 bits per heavy atom. The number of nitrogens with zero attached hydrogens (tertiary/aromatic N) is 2. The molecule has 0 aliphatic rings. The summed E-state index contributed by atoms with van der Waals surface area (Å²) < 4.78 is 0. The van der Waals surface area contributed by atoms with Gasteiger partial charge >= 0.3 is 0 Å². The zero-order valence-electron chi connectivity index (χ0n) is 8.66. The van der Waals surface area contributed by atoms with Gasteiger partial charge in [0.15, 0.2) is 0 Å². The number of aliphatic hydroxyl groups is 2. The molecular formula is C9H12N2O4S. The van der Waals surface area contributed by atoms with E-state index in [-0.39, 0.29) is 18.0 Å². The standard InChI is InChI=1S/C9H12N2O4S/c1-6-3-10-9(2-8(6)11(14)15)16-5-7(13)4-12/h2-3,7,12-13H,4-5H2,1H3. The molecule has 0 saturated heterocycles. The maximum atomic E-state index is 10.6. The lowest BCUT2D eigenvalue weighted by Crippen LogP contribution is -2.14. The van der Waals surface area contributed by atoms with Crippen LogP contribution in [0.1, 0.15) is 5.56 Å². The van der Waals surface area contributed by atoms with Crippen molar-refractivity contribution in [2.45, 2.75) is 18.1 Å². The van der Waals surface area contributed by atoms with E-state index in [1.807, 2.05) is 0 Å². The van der Waals surface area contributed by atoms with Crippen LogP contribution in [0.25, 0.3) is 0 Å². The highest BCUT2D eigenvalue weighted by Crippen LogP contribution is 2.23. The van der Waals surface area contributed by atoms with Gasteiger partial charge in [0.2, 0.25) is 0 Å². The van der Waals surface area contributed by atoms with E-state index in [1.165, 1.54) is 24.0 Å². The second-order valence-electron chi connectivity index (χ2n) is 3.21. The number of aliphatic hydroxyl groups excluding tert-OH is 2. The summed E-state index contributed by atoms with van der Waals surface area (Å²) in [6.45, 7) is 1.28. The van der Waals surface area contributed by atoms with E-state index >= 15 is 0 Å². The normalized spacial score (nSPS) is 12.4. The molecule has 0 fully saturated rings. The van der Waals surface area contributed by atoms with Crippen molar-refractivity contribution in [3.63, 3.8) is 0 Å². The molecule has 1 aromatic heterocycles. The molecule has 0 radical (unpaired) electrons. The first kappa shape index (κ1) is 12.9. The molecule has 0 aromatic carbocycles. The van der Waals surface area contributed by atoms with Gasteiger partial charge in [-0.3, -0.25) is 10.1 Å². The Morgan fingerprint density at radius 1 is 1.69 bits per heavy atom. The van der Waals surface area contributed by atoms with E-state index in [1.54, 1.807) is 6.92 Å². The predicted molar refractivity (Wildman–Crippen MR) is 59.4 cm³/mol. The van der Waals surface area contributed by atoms with Gasteiger partial charge in [-0.15, -0.1) is 11.8 Å². The average Bonchev–Trinajstić information content (AvgIpc) is 2.27. The van der Waals surface area contributed by atoms with Gasteiger partial charge in [-0.05, 0) is 6.92 Å². The van der Waals surface area contributed by atoms with Gasteiger partial charge in [0.25, 0.3) is 5.69 Å². The number of aromatic nitrogens is 1. The van der Waals surface area contributed by atoms with Gasteiger partial charge < -0.3 is 10.2 Å². The number of nitro groups is 1. The maximum absolute atomic E-state index is 10.6. The Labute approximate surface area is 96.5 Å². The SMILES string of the molecule is Cc1cnc(SCC(O)CO)cc1[N+](=O)[O-]. The maximum Gasteiger partial charge on any atom is 0.276 e. The van der Waals surface area contributed by atoms with Gasteiger partial charge in [0, 0.05) is 23.6 Å². The molecule has 88 valence electrons. The zero-order chi connectivity index (χ0) is 12.1. The van der Waals surface area contributed by atoms with Crippen molar-refractivity contribution in [3.8, 4) is 0 Å². The fourth-order valence-corrected chi connectivity index (χ4v) is 1.80. The van der Waals surface area contributed by atoms with Crippen LogP contribution in [-0.4, -0.2) is 38.6 Å². The van der Waals surface area contributed by atoms with Gasteiger partial charge in [-0.2, -0.15) is 0 Å². The minimum atomic E-state index is -0.841. The van der Waals surface area contributed by atoms with Crippen LogP contribution in [0.3, 0.4) is 0 Å². The second kappa shape index (κ2) is 5.78. The van der Waals surface area contributed by atoms with E-state index < -0.39 is 11.0 Å². The summed E-state index contributed by atoms with van der Waals surface area (Å²) in [5.41, 5.74) is 0.507. The molecule has 0 bridgehead atoms. The molecule has 7 heteroatoms. The number of hydrogen-bond donors (Lipinski definition) is 2. The molecule has 1 unspecified atom stereocenters. The Kier molecular flexibility index (Phi) is 4.66. The fraction of sp³-hybridized carbons (Fsp3) is 0.444. The van der Waals surface area contributed by atoms with Crippen LogP contribution in [0.5, 0.6) is 0 Å². The predicted octanol–water partition coefficient (Wildman–Crippen LogP) is 0.744. The molecule has 16 heavy (non-hydrogen) atoms. The highest BCUT2D eigenvalue weighted by molar-refractivity contribution is 7.99. The zero-order valence-corrected chi connectivity index (χ0v) is 9.48. The number of aryl methyl sites for hydroxylation is 1. The van der Waals surface area contributed by atoms with Crippen LogP contribution in [0, 0.1) is 17.0 Å². The van der Waals surface area contributed by atoms with Crippen molar-refractivity contribution in [1.82, 2.24) is 4.98 Å². The molecular weight excluding hydrogens is 232 g/mol. The monoisotopic (exact) mass is 244 g/mol. The van der Waals surface area contributed by atoms with Crippen molar-refractivity contribution in [2.24, 2.45) is 0 Å². The molecule has 0 saturated carbocycles. The first-order valence-corrected chi connectivity index (χ1v) is 5.56. The number of hydrogen-bond acceptors (Lipinski definition) is 6. The fourth-order valence-electron chi connectivity index (χ4n) is 1.00. The summed E-state index contributed by atoms with van der Waals surface area (Å²) in [5, 5.41) is 28.8. The van der Waals surface area contributed by atoms with Gasteiger partial charge in [0.05, 0.1) is 17.6 Å². The Hall–Kier alpha value is -1.18. The lowest BCUT2D eigenvalue weighted by molar-refractivity contribution is -0.385. The molecule has 1 aromatic rings. The van der Waals surface area contributed by atoms with E-state index in [2.05, 4.69) is 4.98 Å². The van der Waals surface area contributed by atoms with Crippen molar-refractivity contribution in [1.29, 1.82) is 0 Å². The quantitative estimate of drug-likeness (QED) is 0.450.